The number of esters is 1. The molecule has 0 spiro atoms. The third kappa shape index (κ3) is 5.78. The van der Waals surface area contributed by atoms with E-state index in [1.165, 1.54) is 22.4 Å². The van der Waals surface area contributed by atoms with Gasteiger partial charge in [-0.1, -0.05) is 81.4 Å². The molecule has 0 bridgehead atoms. The van der Waals surface area contributed by atoms with Gasteiger partial charge in [-0.3, -0.25) is 4.90 Å². The van der Waals surface area contributed by atoms with Crippen molar-refractivity contribution in [1.82, 2.24) is 4.90 Å². The van der Waals surface area contributed by atoms with Crippen LogP contribution in [-0.4, -0.2) is 56.7 Å². The fourth-order valence-electron chi connectivity index (χ4n) is 4.99. The molecule has 1 saturated heterocycles. The first-order valence-corrected chi connectivity index (χ1v) is 14.2. The zero-order valence-corrected chi connectivity index (χ0v) is 23.0. The molecule has 7 heteroatoms. The Labute approximate surface area is 210 Å². The molecule has 0 saturated carbocycles. The van der Waals surface area contributed by atoms with Gasteiger partial charge in [-0.25, -0.2) is 9.59 Å². The summed E-state index contributed by atoms with van der Waals surface area (Å²) in [5.41, 5.74) is -0.677. The van der Waals surface area contributed by atoms with E-state index < -0.39 is 32.0 Å². The molecule has 2 aromatic rings. The maximum Gasteiger partial charge on any atom is 0.411 e. The molecule has 190 valence electrons. The lowest BCUT2D eigenvalue weighted by Crippen LogP contribution is -2.67. The minimum absolute atomic E-state index is 0.188. The summed E-state index contributed by atoms with van der Waals surface area (Å²) in [5.74, 6) is -0.427. The third-order valence-corrected chi connectivity index (χ3v) is 11.5. The quantitative estimate of drug-likeness (QED) is 0.434. The average molecular weight is 498 g/mol. The van der Waals surface area contributed by atoms with Gasteiger partial charge in [-0.05, 0) is 49.0 Å². The predicted molar refractivity (Wildman–Crippen MR) is 140 cm³/mol. The minimum Gasteiger partial charge on any atom is -0.467 e. The number of carbonyl (C=O) groups excluding carboxylic acids is 2. The van der Waals surface area contributed by atoms with Gasteiger partial charge >= 0.3 is 12.1 Å². The van der Waals surface area contributed by atoms with Crippen LogP contribution in [0.4, 0.5) is 4.79 Å². The molecule has 1 aliphatic heterocycles. The molecule has 2 atom stereocenters. The fraction of sp³-hybridized carbons (Fsp3) is 0.500. The van der Waals surface area contributed by atoms with E-state index >= 15 is 0 Å². The van der Waals surface area contributed by atoms with Crippen molar-refractivity contribution in [3.63, 3.8) is 0 Å². The van der Waals surface area contributed by atoms with Gasteiger partial charge in [0.05, 0.1) is 19.8 Å². The predicted octanol–water partition coefficient (Wildman–Crippen LogP) is 4.50. The molecule has 0 aliphatic carbocycles. The molecule has 0 radical (unpaired) electrons. The standard InChI is InChI=1S/C28H39NO5Si/c1-27(2,3)34-26(31)29-21(18-19-24(29)25(30)32-7)20-33-35(28(4,5)6,22-14-10-8-11-15-22)23-16-12-9-13-17-23/h8-17,21,24H,18-20H2,1-7H3. The third-order valence-electron chi connectivity index (χ3n) is 6.49. The molecular weight excluding hydrogens is 458 g/mol. The Bertz CT molecular complexity index is 958. The van der Waals surface area contributed by atoms with E-state index in [9.17, 15) is 9.59 Å². The highest BCUT2D eigenvalue weighted by molar-refractivity contribution is 6.99. The first-order valence-electron chi connectivity index (χ1n) is 12.2. The molecule has 1 fully saturated rings. The van der Waals surface area contributed by atoms with Gasteiger partial charge in [0.25, 0.3) is 8.32 Å². The van der Waals surface area contributed by atoms with Crippen LogP contribution >= 0.6 is 0 Å². The van der Waals surface area contributed by atoms with Gasteiger partial charge in [-0.15, -0.1) is 0 Å². The first-order chi connectivity index (χ1) is 16.4. The van der Waals surface area contributed by atoms with Crippen LogP contribution in [0.1, 0.15) is 54.4 Å². The Kier molecular flexibility index (Phi) is 8.12. The molecule has 1 aliphatic rings. The molecule has 6 nitrogen and oxygen atoms in total. The van der Waals surface area contributed by atoms with Gasteiger partial charge in [0.15, 0.2) is 0 Å². The molecular formula is C28H39NO5Si. The number of hydrogen-bond donors (Lipinski definition) is 0. The zero-order valence-electron chi connectivity index (χ0n) is 22.0. The Morgan fingerprint density at radius 3 is 1.83 bits per heavy atom. The molecule has 1 heterocycles. The summed E-state index contributed by atoms with van der Waals surface area (Å²) < 4.78 is 17.8. The SMILES string of the molecule is COC(=O)C1CCC(CO[Si](c2ccccc2)(c2ccccc2)C(C)(C)C)N1C(=O)OC(C)(C)C. The second-order valence-electron chi connectivity index (χ2n) is 11.1. The zero-order chi connectivity index (χ0) is 25.9. The summed E-state index contributed by atoms with van der Waals surface area (Å²) in [6, 6.07) is 19.8. The first kappa shape index (κ1) is 27.0. The van der Waals surface area contributed by atoms with Gasteiger partial charge in [-0.2, -0.15) is 0 Å². The second-order valence-corrected chi connectivity index (χ2v) is 15.4. The molecule has 2 unspecified atom stereocenters. The van der Waals surface area contributed by atoms with Crippen LogP contribution in [0.5, 0.6) is 0 Å². The Morgan fingerprint density at radius 2 is 1.40 bits per heavy atom. The van der Waals surface area contributed by atoms with E-state index in [1.54, 1.807) is 0 Å². The highest BCUT2D eigenvalue weighted by Crippen LogP contribution is 2.38. The van der Waals surface area contributed by atoms with Crippen LogP contribution in [-0.2, 0) is 18.7 Å². The van der Waals surface area contributed by atoms with Crippen LogP contribution in [0.25, 0.3) is 0 Å². The van der Waals surface area contributed by atoms with Gasteiger partial charge in [0.1, 0.15) is 11.6 Å². The maximum atomic E-state index is 13.2. The van der Waals surface area contributed by atoms with E-state index in [2.05, 4.69) is 45.0 Å². The lowest BCUT2D eigenvalue weighted by Gasteiger charge is -2.44. The van der Waals surface area contributed by atoms with Gasteiger partial charge in [0, 0.05) is 0 Å². The van der Waals surface area contributed by atoms with Crippen LogP contribution in [0.15, 0.2) is 60.7 Å². The number of nitrogens with zero attached hydrogens (tertiary/aromatic N) is 1. The molecule has 35 heavy (non-hydrogen) atoms. The van der Waals surface area contributed by atoms with E-state index in [1.807, 2.05) is 57.2 Å². The van der Waals surface area contributed by atoms with E-state index in [-0.39, 0.29) is 11.1 Å². The summed E-state index contributed by atoms with van der Waals surface area (Å²) in [4.78, 5) is 27.3. The van der Waals surface area contributed by atoms with Crippen LogP contribution in [0.3, 0.4) is 0 Å². The van der Waals surface area contributed by atoms with Crippen molar-refractivity contribution in [2.24, 2.45) is 0 Å². The number of hydrogen-bond acceptors (Lipinski definition) is 5. The summed E-state index contributed by atoms with van der Waals surface area (Å²) in [5, 5.41) is 2.15. The molecule has 0 N–H and O–H groups in total. The number of benzene rings is 2. The van der Waals surface area contributed by atoms with E-state index in [0.29, 0.717) is 19.4 Å². The highest BCUT2D eigenvalue weighted by atomic mass is 28.4. The van der Waals surface area contributed by atoms with Gasteiger partial charge < -0.3 is 13.9 Å². The smallest absolute Gasteiger partial charge is 0.411 e. The monoisotopic (exact) mass is 497 g/mol. The molecule has 2 aromatic carbocycles. The summed E-state index contributed by atoms with van der Waals surface area (Å²) in [7, 11) is -1.43. The van der Waals surface area contributed by atoms with Crippen molar-refractivity contribution in [2.45, 2.75) is 77.1 Å². The minimum atomic E-state index is -2.78. The van der Waals surface area contributed by atoms with Crippen molar-refractivity contribution in [3.8, 4) is 0 Å². The Balaban J connectivity index is 2.01. The number of methoxy groups -OCH3 is 1. The van der Waals surface area contributed by atoms with Crippen molar-refractivity contribution in [3.05, 3.63) is 60.7 Å². The average Bonchev–Trinajstić information content (AvgIpc) is 3.22. The summed E-state index contributed by atoms with van der Waals surface area (Å²) in [6.07, 6.45) is 0.638. The topological polar surface area (TPSA) is 65.1 Å². The van der Waals surface area contributed by atoms with Crippen molar-refractivity contribution in [1.29, 1.82) is 0 Å². The fourth-order valence-corrected chi connectivity index (χ4v) is 9.59. The van der Waals surface area contributed by atoms with Crippen LogP contribution in [0, 0.1) is 0 Å². The van der Waals surface area contributed by atoms with Crippen LogP contribution < -0.4 is 10.4 Å². The lowest BCUT2D eigenvalue weighted by atomic mass is 10.2. The van der Waals surface area contributed by atoms with E-state index in [0.717, 1.165) is 0 Å². The maximum absolute atomic E-state index is 13.2. The van der Waals surface area contributed by atoms with E-state index in [4.69, 9.17) is 13.9 Å². The Morgan fingerprint density at radius 1 is 0.886 bits per heavy atom. The summed E-state index contributed by atoms with van der Waals surface area (Å²) >= 11 is 0. The molecule has 0 aromatic heterocycles. The summed E-state index contributed by atoms with van der Waals surface area (Å²) in [6.45, 7) is 12.4. The number of carbonyl (C=O) groups is 2. The largest absolute Gasteiger partial charge is 0.467 e. The number of amides is 1. The Hall–Kier alpha value is -2.64. The van der Waals surface area contributed by atoms with Crippen molar-refractivity contribution < 1.29 is 23.5 Å². The lowest BCUT2D eigenvalue weighted by molar-refractivity contribution is -0.146. The normalized spacial score (nSPS) is 18.9. The number of ether oxygens (including phenoxy) is 2. The number of rotatable bonds is 6. The highest BCUT2D eigenvalue weighted by Gasteiger charge is 2.52. The molecule has 1 amide bonds. The molecule has 3 rings (SSSR count). The van der Waals surface area contributed by atoms with Crippen LogP contribution in [0.2, 0.25) is 5.04 Å². The van der Waals surface area contributed by atoms with Crippen molar-refractivity contribution >= 4 is 30.8 Å². The number of likely N-dealkylation sites (tertiary alicyclic amines) is 1. The van der Waals surface area contributed by atoms with Crippen molar-refractivity contribution in [2.75, 3.05) is 13.7 Å². The van der Waals surface area contributed by atoms with Gasteiger partial charge in [0.2, 0.25) is 0 Å². The second kappa shape index (κ2) is 10.5.